The number of ether oxygens (including phenoxy) is 1. The molecule has 0 bridgehead atoms. The van der Waals surface area contributed by atoms with Crippen LogP contribution in [0, 0.1) is 0 Å². The molecule has 1 N–H and O–H groups in total. The summed E-state index contributed by atoms with van der Waals surface area (Å²) in [6, 6.07) is 16.1. The van der Waals surface area contributed by atoms with Gasteiger partial charge in [-0.2, -0.15) is 0 Å². The molecular formula is C24H25N3O2. The summed E-state index contributed by atoms with van der Waals surface area (Å²) in [5, 5.41) is 3.29. The van der Waals surface area contributed by atoms with Crippen molar-refractivity contribution >= 4 is 23.0 Å². The summed E-state index contributed by atoms with van der Waals surface area (Å²) in [6.45, 7) is 10.0. The minimum atomic E-state index is -0.351. The number of fused-ring (bicyclic) bond motifs is 3. The molecule has 1 aliphatic heterocycles. The average molecular weight is 387 g/mol. The highest BCUT2D eigenvalue weighted by molar-refractivity contribution is 5.94. The largest absolute Gasteiger partial charge is 0.458 e. The maximum Gasteiger partial charge on any atom is 0.338 e. The average Bonchev–Trinajstić information content (AvgIpc) is 3.08. The third-order valence-electron chi connectivity index (χ3n) is 5.30. The number of imidazole rings is 1. The lowest BCUT2D eigenvalue weighted by Crippen LogP contribution is -2.29. The summed E-state index contributed by atoms with van der Waals surface area (Å²) < 4.78 is 7.51. The number of allylic oxidation sites excluding steroid dienone is 1. The van der Waals surface area contributed by atoms with Crippen molar-refractivity contribution in [1.82, 2.24) is 9.55 Å². The maximum atomic E-state index is 13.0. The van der Waals surface area contributed by atoms with E-state index in [0.717, 1.165) is 28.2 Å². The number of anilines is 1. The Bertz CT molecular complexity index is 1110. The van der Waals surface area contributed by atoms with Gasteiger partial charge >= 0.3 is 5.97 Å². The Hall–Kier alpha value is -3.34. The van der Waals surface area contributed by atoms with E-state index in [1.165, 1.54) is 5.56 Å². The van der Waals surface area contributed by atoms with Crippen LogP contribution in [0.1, 0.15) is 43.9 Å². The van der Waals surface area contributed by atoms with Crippen molar-refractivity contribution in [3.05, 3.63) is 83.6 Å². The summed E-state index contributed by atoms with van der Waals surface area (Å²) in [7, 11) is 0. The van der Waals surface area contributed by atoms with Gasteiger partial charge in [-0.1, -0.05) is 62.9 Å². The van der Waals surface area contributed by atoms with Crippen molar-refractivity contribution in [3.8, 4) is 0 Å². The molecule has 29 heavy (non-hydrogen) atoms. The third-order valence-corrected chi connectivity index (χ3v) is 5.30. The van der Waals surface area contributed by atoms with Crippen LogP contribution in [-0.4, -0.2) is 22.1 Å². The van der Waals surface area contributed by atoms with Gasteiger partial charge in [-0.15, -0.1) is 0 Å². The van der Waals surface area contributed by atoms with Crippen LogP contribution in [0.25, 0.3) is 11.0 Å². The number of carbonyl (C=O) groups is 1. The molecule has 0 saturated carbocycles. The molecule has 5 nitrogen and oxygen atoms in total. The first-order valence-electron chi connectivity index (χ1n) is 9.84. The minimum absolute atomic E-state index is 0.173. The van der Waals surface area contributed by atoms with Crippen molar-refractivity contribution in [3.63, 3.8) is 0 Å². The first kappa shape index (κ1) is 19.0. The number of carbonyl (C=O) groups excluding carboxylic acids is 1. The smallest absolute Gasteiger partial charge is 0.338 e. The number of para-hydroxylation sites is 2. The Kier molecular flexibility index (Phi) is 4.97. The van der Waals surface area contributed by atoms with Crippen LogP contribution in [0.15, 0.2) is 72.5 Å². The first-order valence-corrected chi connectivity index (χ1v) is 9.84. The van der Waals surface area contributed by atoms with Gasteiger partial charge in [0, 0.05) is 5.70 Å². The van der Waals surface area contributed by atoms with E-state index in [0.29, 0.717) is 11.5 Å². The highest BCUT2D eigenvalue weighted by Crippen LogP contribution is 2.39. The minimum Gasteiger partial charge on any atom is -0.458 e. The van der Waals surface area contributed by atoms with Crippen molar-refractivity contribution in [2.24, 2.45) is 0 Å². The zero-order valence-corrected chi connectivity index (χ0v) is 17.0. The van der Waals surface area contributed by atoms with E-state index in [-0.39, 0.29) is 18.6 Å². The van der Waals surface area contributed by atoms with Crippen LogP contribution in [-0.2, 0) is 9.53 Å². The normalized spacial score (nSPS) is 15.9. The fourth-order valence-electron chi connectivity index (χ4n) is 3.82. The summed E-state index contributed by atoms with van der Waals surface area (Å²) in [5.74, 6) is 0.814. The van der Waals surface area contributed by atoms with Crippen molar-refractivity contribution < 1.29 is 9.53 Å². The molecule has 148 valence electrons. The Morgan fingerprint density at radius 2 is 1.97 bits per heavy atom. The summed E-state index contributed by atoms with van der Waals surface area (Å²) >= 11 is 0. The van der Waals surface area contributed by atoms with Gasteiger partial charge < -0.3 is 10.1 Å². The lowest BCUT2D eigenvalue weighted by molar-refractivity contribution is -0.138. The van der Waals surface area contributed by atoms with Gasteiger partial charge in [0.25, 0.3) is 0 Å². The third kappa shape index (κ3) is 3.33. The number of nitrogens with one attached hydrogen (secondary N) is 1. The molecule has 0 saturated heterocycles. The molecule has 2 aromatic carbocycles. The van der Waals surface area contributed by atoms with E-state index < -0.39 is 0 Å². The molecule has 2 heterocycles. The van der Waals surface area contributed by atoms with E-state index in [9.17, 15) is 4.79 Å². The Morgan fingerprint density at radius 3 is 2.66 bits per heavy atom. The van der Waals surface area contributed by atoms with Crippen LogP contribution < -0.4 is 5.32 Å². The van der Waals surface area contributed by atoms with Crippen LogP contribution in [0.5, 0.6) is 0 Å². The number of benzene rings is 2. The summed E-state index contributed by atoms with van der Waals surface area (Å²) in [4.78, 5) is 17.7. The molecule has 0 fully saturated rings. The second-order valence-corrected chi connectivity index (χ2v) is 7.57. The SMILES string of the molecule is C=CCOC(=O)C1=C(C)Nc2nc3ccccc3n2[C@H]1c1ccc(C(C)C)cc1. The molecule has 5 heteroatoms. The number of aromatic nitrogens is 2. The molecule has 0 aliphatic carbocycles. The molecule has 1 aliphatic rings. The molecule has 0 amide bonds. The Morgan fingerprint density at radius 1 is 1.24 bits per heavy atom. The van der Waals surface area contributed by atoms with Crippen molar-refractivity contribution in [1.29, 1.82) is 0 Å². The maximum absolute atomic E-state index is 13.0. The fourth-order valence-corrected chi connectivity index (χ4v) is 3.82. The second-order valence-electron chi connectivity index (χ2n) is 7.57. The molecule has 0 unspecified atom stereocenters. The Labute approximate surface area is 170 Å². The topological polar surface area (TPSA) is 56.1 Å². The van der Waals surface area contributed by atoms with E-state index in [1.807, 2.05) is 31.2 Å². The van der Waals surface area contributed by atoms with Gasteiger partial charge in [0.15, 0.2) is 0 Å². The molecule has 1 aromatic heterocycles. The number of hydrogen-bond acceptors (Lipinski definition) is 4. The monoisotopic (exact) mass is 387 g/mol. The van der Waals surface area contributed by atoms with Crippen molar-refractivity contribution in [2.75, 3.05) is 11.9 Å². The number of esters is 1. The van der Waals surface area contributed by atoms with Gasteiger partial charge in [-0.25, -0.2) is 9.78 Å². The first-order chi connectivity index (χ1) is 14.0. The van der Waals surface area contributed by atoms with Crippen LogP contribution in [0.3, 0.4) is 0 Å². The molecular weight excluding hydrogens is 362 g/mol. The van der Waals surface area contributed by atoms with Crippen molar-refractivity contribution in [2.45, 2.75) is 32.7 Å². The molecule has 3 aromatic rings. The summed E-state index contributed by atoms with van der Waals surface area (Å²) in [6.07, 6.45) is 1.58. The number of nitrogens with zero attached hydrogens (tertiary/aromatic N) is 2. The zero-order valence-electron chi connectivity index (χ0n) is 17.0. The zero-order chi connectivity index (χ0) is 20.5. The van der Waals surface area contributed by atoms with Gasteiger partial charge in [0.2, 0.25) is 5.95 Å². The van der Waals surface area contributed by atoms with E-state index in [4.69, 9.17) is 9.72 Å². The lowest BCUT2D eigenvalue weighted by atomic mass is 9.93. The predicted molar refractivity (Wildman–Crippen MR) is 116 cm³/mol. The van der Waals surface area contributed by atoms with E-state index in [2.05, 4.69) is 54.6 Å². The van der Waals surface area contributed by atoms with Gasteiger partial charge in [0.1, 0.15) is 6.61 Å². The highest BCUT2D eigenvalue weighted by Gasteiger charge is 2.34. The standard InChI is InChI=1S/C24H25N3O2/c1-5-14-29-23(28)21-16(4)25-24-26-19-8-6-7-9-20(19)27(24)22(21)18-12-10-17(11-13-18)15(2)3/h5-13,15,22H,1,14H2,2-4H3,(H,25,26)/t22-/m0/s1. The quantitative estimate of drug-likeness (QED) is 0.484. The molecule has 0 radical (unpaired) electrons. The summed E-state index contributed by atoms with van der Waals surface area (Å²) in [5.41, 5.74) is 5.46. The second kappa shape index (κ2) is 7.59. The molecule has 1 atom stereocenters. The van der Waals surface area contributed by atoms with Crippen LogP contribution >= 0.6 is 0 Å². The van der Waals surface area contributed by atoms with Gasteiger partial charge in [-0.05, 0) is 36.1 Å². The van der Waals surface area contributed by atoms with Crippen LogP contribution in [0.4, 0.5) is 5.95 Å². The molecule has 0 spiro atoms. The molecule has 4 rings (SSSR count). The highest BCUT2D eigenvalue weighted by atomic mass is 16.5. The van der Waals surface area contributed by atoms with Crippen LogP contribution in [0.2, 0.25) is 0 Å². The predicted octanol–water partition coefficient (Wildman–Crippen LogP) is 5.18. The number of hydrogen-bond donors (Lipinski definition) is 1. The fraction of sp³-hybridized carbons (Fsp3) is 0.250. The van der Waals surface area contributed by atoms with Gasteiger partial charge in [0.05, 0.1) is 22.6 Å². The Balaban J connectivity index is 1.90. The van der Waals surface area contributed by atoms with E-state index in [1.54, 1.807) is 6.08 Å². The van der Waals surface area contributed by atoms with Gasteiger partial charge in [-0.3, -0.25) is 4.57 Å². The lowest BCUT2D eigenvalue weighted by Gasteiger charge is -2.30. The van der Waals surface area contributed by atoms with E-state index >= 15 is 0 Å². The number of rotatable bonds is 5.